The van der Waals surface area contributed by atoms with E-state index in [0.29, 0.717) is 6.42 Å². The zero-order valence-electron chi connectivity index (χ0n) is 8.07. The van der Waals surface area contributed by atoms with Crippen molar-refractivity contribution >= 4 is 5.78 Å². The highest BCUT2D eigenvalue weighted by Gasteiger charge is 2.08. The molecule has 0 bridgehead atoms. The van der Waals surface area contributed by atoms with Crippen molar-refractivity contribution in [1.82, 2.24) is 0 Å². The molecule has 0 spiro atoms. The number of hydrogen-bond donors (Lipinski definition) is 2. The van der Waals surface area contributed by atoms with Crippen LogP contribution < -0.4 is 0 Å². The lowest BCUT2D eigenvalue weighted by molar-refractivity contribution is -0.121. The van der Waals surface area contributed by atoms with E-state index >= 15 is 0 Å². The van der Waals surface area contributed by atoms with Gasteiger partial charge in [0.2, 0.25) is 0 Å². The summed E-state index contributed by atoms with van der Waals surface area (Å²) in [6, 6.07) is 0. The number of ketones is 1. The molecule has 76 valence electrons. The van der Waals surface area contributed by atoms with Crippen molar-refractivity contribution in [1.29, 1.82) is 0 Å². The van der Waals surface area contributed by atoms with Gasteiger partial charge >= 0.3 is 0 Å². The van der Waals surface area contributed by atoms with E-state index in [1.165, 1.54) is 0 Å². The normalized spacial score (nSPS) is 13.5. The number of carbonyl (C=O) groups excluding carboxylic acids is 1. The standard InChI is InChI=1S/C10H18O3/c1-2-3-4-5-9(12)8-10(13)6-7-11/h2-3,10-11,13H,4-8H2,1H3/b3-2+/t10-/m0/s1. The van der Waals surface area contributed by atoms with E-state index in [1.54, 1.807) is 0 Å². The first-order chi connectivity index (χ1) is 6.20. The summed E-state index contributed by atoms with van der Waals surface area (Å²) < 4.78 is 0. The van der Waals surface area contributed by atoms with Crippen LogP contribution in [0.4, 0.5) is 0 Å². The van der Waals surface area contributed by atoms with Gasteiger partial charge in [0, 0.05) is 19.4 Å². The predicted octanol–water partition coefficient (Wildman–Crippen LogP) is 1.05. The molecule has 0 saturated carbocycles. The first-order valence-electron chi connectivity index (χ1n) is 4.62. The minimum atomic E-state index is -0.678. The van der Waals surface area contributed by atoms with Crippen LogP contribution in [0.25, 0.3) is 0 Å². The Morgan fingerprint density at radius 3 is 2.77 bits per heavy atom. The summed E-state index contributed by atoms with van der Waals surface area (Å²) in [6.07, 6.45) is 4.82. The summed E-state index contributed by atoms with van der Waals surface area (Å²) in [5, 5.41) is 17.7. The Morgan fingerprint density at radius 1 is 1.54 bits per heavy atom. The molecule has 13 heavy (non-hydrogen) atoms. The monoisotopic (exact) mass is 186 g/mol. The Bertz CT molecular complexity index is 164. The second kappa shape index (κ2) is 7.95. The minimum Gasteiger partial charge on any atom is -0.396 e. The summed E-state index contributed by atoms with van der Waals surface area (Å²) >= 11 is 0. The van der Waals surface area contributed by atoms with E-state index in [2.05, 4.69) is 0 Å². The maximum atomic E-state index is 11.1. The summed E-state index contributed by atoms with van der Waals surface area (Å²) in [5.41, 5.74) is 0. The maximum absolute atomic E-state index is 11.1. The quantitative estimate of drug-likeness (QED) is 0.584. The molecule has 0 unspecified atom stereocenters. The second-order valence-electron chi connectivity index (χ2n) is 3.02. The summed E-state index contributed by atoms with van der Waals surface area (Å²) in [7, 11) is 0. The fourth-order valence-electron chi connectivity index (χ4n) is 1.03. The third kappa shape index (κ3) is 7.68. The van der Waals surface area contributed by atoms with Gasteiger partial charge in [-0.15, -0.1) is 0 Å². The molecule has 1 atom stereocenters. The lowest BCUT2D eigenvalue weighted by atomic mass is 10.1. The molecule has 0 rings (SSSR count). The van der Waals surface area contributed by atoms with Crippen LogP contribution >= 0.6 is 0 Å². The Hall–Kier alpha value is -0.670. The van der Waals surface area contributed by atoms with Gasteiger partial charge in [-0.2, -0.15) is 0 Å². The van der Waals surface area contributed by atoms with E-state index in [9.17, 15) is 9.90 Å². The van der Waals surface area contributed by atoms with Crippen LogP contribution in [0.3, 0.4) is 0 Å². The second-order valence-corrected chi connectivity index (χ2v) is 3.02. The van der Waals surface area contributed by atoms with Crippen molar-refractivity contribution in [2.75, 3.05) is 6.61 Å². The molecule has 0 aliphatic carbocycles. The molecular weight excluding hydrogens is 168 g/mol. The molecule has 0 radical (unpaired) electrons. The van der Waals surface area contributed by atoms with Crippen LogP contribution in [0, 0.1) is 0 Å². The molecule has 0 aromatic carbocycles. The molecule has 3 heteroatoms. The van der Waals surface area contributed by atoms with Gasteiger partial charge in [-0.05, 0) is 19.8 Å². The van der Waals surface area contributed by atoms with Gasteiger partial charge in [0.1, 0.15) is 5.78 Å². The van der Waals surface area contributed by atoms with E-state index in [0.717, 1.165) is 6.42 Å². The molecule has 0 saturated heterocycles. The number of Topliss-reactive ketones (excluding diaryl/α,β-unsaturated/α-hetero) is 1. The largest absolute Gasteiger partial charge is 0.396 e. The van der Waals surface area contributed by atoms with Crippen LogP contribution in [-0.2, 0) is 4.79 Å². The lowest BCUT2D eigenvalue weighted by Gasteiger charge is -2.06. The molecule has 0 aromatic heterocycles. The van der Waals surface area contributed by atoms with Gasteiger partial charge in [0.15, 0.2) is 0 Å². The number of hydrogen-bond acceptors (Lipinski definition) is 3. The van der Waals surface area contributed by atoms with E-state index in [-0.39, 0.29) is 25.2 Å². The molecule has 0 aliphatic heterocycles. The van der Waals surface area contributed by atoms with Crippen LogP contribution in [-0.4, -0.2) is 28.7 Å². The highest BCUT2D eigenvalue weighted by atomic mass is 16.3. The molecule has 0 heterocycles. The fraction of sp³-hybridized carbons (Fsp3) is 0.700. The highest BCUT2D eigenvalue weighted by Crippen LogP contribution is 2.03. The van der Waals surface area contributed by atoms with Gasteiger partial charge in [-0.1, -0.05) is 12.2 Å². The van der Waals surface area contributed by atoms with Crippen molar-refractivity contribution in [2.24, 2.45) is 0 Å². The number of rotatable bonds is 7. The minimum absolute atomic E-state index is 0.0547. The Labute approximate surface area is 79.1 Å². The van der Waals surface area contributed by atoms with Gasteiger partial charge in [-0.3, -0.25) is 4.79 Å². The average Bonchev–Trinajstić information content (AvgIpc) is 2.05. The zero-order chi connectivity index (χ0) is 10.1. The average molecular weight is 186 g/mol. The van der Waals surface area contributed by atoms with Crippen molar-refractivity contribution < 1.29 is 15.0 Å². The molecule has 0 fully saturated rings. The first-order valence-corrected chi connectivity index (χ1v) is 4.62. The smallest absolute Gasteiger partial charge is 0.135 e. The Balaban J connectivity index is 3.49. The SMILES string of the molecule is C/C=C/CCC(=O)C[C@@H](O)CCO. The Morgan fingerprint density at radius 2 is 2.23 bits per heavy atom. The van der Waals surface area contributed by atoms with Crippen molar-refractivity contribution in [3.05, 3.63) is 12.2 Å². The molecule has 2 N–H and O–H groups in total. The van der Waals surface area contributed by atoms with Crippen molar-refractivity contribution in [3.8, 4) is 0 Å². The third-order valence-corrected chi connectivity index (χ3v) is 1.75. The lowest BCUT2D eigenvalue weighted by Crippen LogP contribution is -2.14. The summed E-state index contributed by atoms with van der Waals surface area (Å²) in [5.74, 6) is 0.0547. The van der Waals surface area contributed by atoms with Gasteiger partial charge in [0.05, 0.1) is 6.10 Å². The molecule has 0 aromatic rings. The molecule has 3 nitrogen and oxygen atoms in total. The van der Waals surface area contributed by atoms with Crippen LogP contribution in [0.15, 0.2) is 12.2 Å². The first kappa shape index (κ1) is 12.3. The number of carbonyl (C=O) groups is 1. The van der Waals surface area contributed by atoms with Crippen LogP contribution in [0.1, 0.15) is 32.6 Å². The number of aliphatic hydroxyl groups is 2. The van der Waals surface area contributed by atoms with Gasteiger partial charge < -0.3 is 10.2 Å². The van der Waals surface area contributed by atoms with Gasteiger partial charge in [-0.25, -0.2) is 0 Å². The maximum Gasteiger partial charge on any atom is 0.135 e. The molecule has 0 aliphatic rings. The molecular formula is C10H18O3. The topological polar surface area (TPSA) is 57.5 Å². The van der Waals surface area contributed by atoms with E-state index in [4.69, 9.17) is 5.11 Å². The Kier molecular flexibility index (Phi) is 7.54. The third-order valence-electron chi connectivity index (χ3n) is 1.75. The summed E-state index contributed by atoms with van der Waals surface area (Å²) in [6.45, 7) is 1.84. The van der Waals surface area contributed by atoms with Crippen molar-refractivity contribution in [3.63, 3.8) is 0 Å². The van der Waals surface area contributed by atoms with E-state index in [1.807, 2.05) is 19.1 Å². The molecule has 0 amide bonds. The predicted molar refractivity (Wildman–Crippen MR) is 51.4 cm³/mol. The highest BCUT2D eigenvalue weighted by molar-refractivity contribution is 5.78. The van der Waals surface area contributed by atoms with Crippen LogP contribution in [0.2, 0.25) is 0 Å². The number of aliphatic hydroxyl groups excluding tert-OH is 2. The van der Waals surface area contributed by atoms with E-state index < -0.39 is 6.10 Å². The summed E-state index contributed by atoms with van der Waals surface area (Å²) in [4.78, 5) is 11.1. The zero-order valence-corrected chi connectivity index (χ0v) is 8.07. The van der Waals surface area contributed by atoms with Crippen LogP contribution in [0.5, 0.6) is 0 Å². The fourth-order valence-corrected chi connectivity index (χ4v) is 1.03. The van der Waals surface area contributed by atoms with Gasteiger partial charge in [0.25, 0.3) is 0 Å². The number of allylic oxidation sites excluding steroid dienone is 2. The van der Waals surface area contributed by atoms with Crippen molar-refractivity contribution in [2.45, 2.75) is 38.7 Å².